The van der Waals surface area contributed by atoms with Crippen LogP contribution >= 0.6 is 0 Å². The molecule has 1 fully saturated rings. The summed E-state index contributed by atoms with van der Waals surface area (Å²) in [6.45, 7) is 3.15. The summed E-state index contributed by atoms with van der Waals surface area (Å²) in [5.41, 5.74) is 1.97. The molecule has 1 saturated heterocycles. The van der Waals surface area contributed by atoms with Crippen molar-refractivity contribution >= 4 is 22.9 Å². The highest BCUT2D eigenvalue weighted by molar-refractivity contribution is 5.99. The Morgan fingerprint density at radius 2 is 2.24 bits per heavy atom. The molecule has 7 heteroatoms. The third kappa shape index (κ3) is 2.24. The summed E-state index contributed by atoms with van der Waals surface area (Å²) in [6.07, 6.45) is 1.23. The number of aliphatic carboxylic acids is 1. The average Bonchev–Trinajstić information content (AvgIpc) is 3.12. The molecule has 0 spiro atoms. The lowest BCUT2D eigenvalue weighted by Crippen LogP contribution is -2.40. The summed E-state index contributed by atoms with van der Waals surface area (Å²) in [7, 11) is 0. The first-order valence-electron chi connectivity index (χ1n) is 6.99. The molecule has 1 aliphatic heterocycles. The van der Waals surface area contributed by atoms with Gasteiger partial charge >= 0.3 is 5.97 Å². The van der Waals surface area contributed by atoms with E-state index in [1.807, 2.05) is 6.92 Å². The van der Waals surface area contributed by atoms with Crippen molar-refractivity contribution in [3.63, 3.8) is 0 Å². The van der Waals surface area contributed by atoms with E-state index in [1.54, 1.807) is 22.9 Å². The van der Waals surface area contributed by atoms with Gasteiger partial charge in [-0.1, -0.05) is 5.21 Å². The fourth-order valence-corrected chi connectivity index (χ4v) is 2.77. The number of hydrogen-bond donors (Lipinski definition) is 1. The molecule has 2 heterocycles. The van der Waals surface area contributed by atoms with Gasteiger partial charge in [-0.25, -0.2) is 9.48 Å². The molecular weight excluding hydrogens is 272 g/mol. The van der Waals surface area contributed by atoms with Gasteiger partial charge < -0.3 is 10.0 Å². The van der Waals surface area contributed by atoms with E-state index >= 15 is 0 Å². The summed E-state index contributed by atoms with van der Waals surface area (Å²) >= 11 is 0. The predicted octanol–water partition coefficient (Wildman–Crippen LogP) is 1.14. The van der Waals surface area contributed by atoms with Gasteiger partial charge in [0.2, 0.25) is 0 Å². The van der Waals surface area contributed by atoms with Crippen molar-refractivity contribution in [2.45, 2.75) is 32.4 Å². The van der Waals surface area contributed by atoms with E-state index in [9.17, 15) is 9.59 Å². The van der Waals surface area contributed by atoms with Gasteiger partial charge in [-0.05, 0) is 38.0 Å². The molecule has 0 unspecified atom stereocenters. The maximum atomic E-state index is 12.5. The van der Waals surface area contributed by atoms with Crippen molar-refractivity contribution < 1.29 is 14.7 Å². The monoisotopic (exact) mass is 288 g/mol. The molecule has 1 aromatic carbocycles. The molecule has 7 nitrogen and oxygen atoms in total. The summed E-state index contributed by atoms with van der Waals surface area (Å²) in [5.74, 6) is -1.20. The number of benzene rings is 1. The third-order valence-electron chi connectivity index (χ3n) is 3.86. The van der Waals surface area contributed by atoms with Crippen molar-refractivity contribution in [1.82, 2.24) is 19.9 Å². The van der Waals surface area contributed by atoms with Gasteiger partial charge in [-0.3, -0.25) is 4.79 Å². The van der Waals surface area contributed by atoms with Crippen LogP contribution in [0, 0.1) is 0 Å². The molecule has 1 aliphatic rings. The van der Waals surface area contributed by atoms with Crippen molar-refractivity contribution in [3.8, 4) is 0 Å². The van der Waals surface area contributed by atoms with Gasteiger partial charge in [-0.2, -0.15) is 0 Å². The lowest BCUT2D eigenvalue weighted by molar-refractivity contribution is -0.141. The predicted molar refractivity (Wildman–Crippen MR) is 74.9 cm³/mol. The van der Waals surface area contributed by atoms with E-state index in [0.717, 1.165) is 11.9 Å². The van der Waals surface area contributed by atoms with Crippen LogP contribution in [0.5, 0.6) is 0 Å². The Bertz CT molecular complexity index is 709. The molecule has 1 amide bonds. The van der Waals surface area contributed by atoms with Gasteiger partial charge in [0.25, 0.3) is 5.91 Å². The number of carboxylic acid groups (broad SMARTS) is 1. The minimum Gasteiger partial charge on any atom is -0.480 e. The van der Waals surface area contributed by atoms with Crippen LogP contribution in [0.4, 0.5) is 0 Å². The number of aryl methyl sites for hydroxylation is 1. The Hall–Kier alpha value is -2.44. The quantitative estimate of drug-likeness (QED) is 0.915. The minimum absolute atomic E-state index is 0.257. The molecule has 1 aromatic heterocycles. The van der Waals surface area contributed by atoms with Crippen LogP contribution in [-0.2, 0) is 11.3 Å². The van der Waals surface area contributed by atoms with E-state index < -0.39 is 12.0 Å². The number of nitrogens with zero attached hydrogens (tertiary/aromatic N) is 4. The Kier molecular flexibility index (Phi) is 3.32. The van der Waals surface area contributed by atoms with Crippen LogP contribution in [0.2, 0.25) is 0 Å². The van der Waals surface area contributed by atoms with Crippen molar-refractivity contribution in [1.29, 1.82) is 0 Å². The van der Waals surface area contributed by atoms with Crippen LogP contribution in [-0.4, -0.2) is 49.5 Å². The fraction of sp³-hybridized carbons (Fsp3) is 0.429. The van der Waals surface area contributed by atoms with Crippen LogP contribution in [0.3, 0.4) is 0 Å². The minimum atomic E-state index is -0.946. The lowest BCUT2D eigenvalue weighted by Gasteiger charge is -2.21. The van der Waals surface area contributed by atoms with Gasteiger partial charge in [-0.15, -0.1) is 5.10 Å². The normalized spacial score (nSPS) is 18.3. The van der Waals surface area contributed by atoms with E-state index in [0.29, 0.717) is 30.6 Å². The molecular formula is C14H16N4O3. The SMILES string of the molecule is CCn1nnc2cc(C(=O)N3CCC[C@H]3C(=O)O)ccc21. The highest BCUT2D eigenvalue weighted by Gasteiger charge is 2.34. The zero-order chi connectivity index (χ0) is 15.0. The molecule has 0 aliphatic carbocycles. The van der Waals surface area contributed by atoms with Crippen LogP contribution in [0.25, 0.3) is 11.0 Å². The lowest BCUT2D eigenvalue weighted by atomic mass is 10.1. The zero-order valence-corrected chi connectivity index (χ0v) is 11.7. The van der Waals surface area contributed by atoms with Gasteiger partial charge in [0.15, 0.2) is 0 Å². The second kappa shape index (κ2) is 5.16. The molecule has 1 N–H and O–H groups in total. The number of carbonyl (C=O) groups is 2. The largest absolute Gasteiger partial charge is 0.480 e. The first kappa shape index (κ1) is 13.5. The molecule has 0 radical (unpaired) electrons. The maximum Gasteiger partial charge on any atom is 0.326 e. The number of aromatic nitrogens is 3. The highest BCUT2D eigenvalue weighted by Crippen LogP contribution is 2.22. The highest BCUT2D eigenvalue weighted by atomic mass is 16.4. The Morgan fingerprint density at radius 3 is 2.95 bits per heavy atom. The summed E-state index contributed by atoms with van der Waals surface area (Å²) in [4.78, 5) is 25.1. The number of likely N-dealkylation sites (tertiary alicyclic amines) is 1. The second-order valence-electron chi connectivity index (χ2n) is 5.10. The van der Waals surface area contributed by atoms with E-state index in [2.05, 4.69) is 10.3 Å². The third-order valence-corrected chi connectivity index (χ3v) is 3.86. The first-order valence-corrected chi connectivity index (χ1v) is 6.99. The standard InChI is InChI=1S/C14H16N4O3/c1-2-18-11-6-5-9(8-10(11)15-16-18)13(19)17-7-3-4-12(17)14(20)21/h5-6,8,12H,2-4,7H2,1H3,(H,20,21)/t12-/m0/s1. The number of amides is 1. The molecule has 0 bridgehead atoms. The fourth-order valence-electron chi connectivity index (χ4n) is 2.77. The van der Waals surface area contributed by atoms with Crippen LogP contribution in [0.15, 0.2) is 18.2 Å². The summed E-state index contributed by atoms with van der Waals surface area (Å²) in [6, 6.07) is 4.46. The van der Waals surface area contributed by atoms with E-state index in [4.69, 9.17) is 5.11 Å². The Balaban J connectivity index is 1.93. The average molecular weight is 288 g/mol. The van der Waals surface area contributed by atoms with Gasteiger partial charge in [0.05, 0.1) is 5.52 Å². The van der Waals surface area contributed by atoms with Crippen molar-refractivity contribution in [2.75, 3.05) is 6.54 Å². The zero-order valence-electron chi connectivity index (χ0n) is 11.7. The van der Waals surface area contributed by atoms with Gasteiger partial charge in [0.1, 0.15) is 11.6 Å². The van der Waals surface area contributed by atoms with Crippen molar-refractivity contribution in [2.24, 2.45) is 0 Å². The first-order chi connectivity index (χ1) is 10.1. The molecule has 2 aromatic rings. The second-order valence-corrected chi connectivity index (χ2v) is 5.10. The molecule has 1 atom stereocenters. The summed E-state index contributed by atoms with van der Waals surface area (Å²) in [5, 5.41) is 17.2. The van der Waals surface area contributed by atoms with E-state index in [1.165, 1.54) is 4.90 Å². The number of rotatable bonds is 3. The molecule has 110 valence electrons. The van der Waals surface area contributed by atoms with Crippen LogP contribution in [0.1, 0.15) is 30.1 Å². The van der Waals surface area contributed by atoms with Crippen LogP contribution < -0.4 is 0 Å². The number of carboxylic acids is 1. The van der Waals surface area contributed by atoms with Crippen molar-refractivity contribution in [3.05, 3.63) is 23.8 Å². The van der Waals surface area contributed by atoms with Gasteiger partial charge in [0, 0.05) is 18.7 Å². The Labute approximate surface area is 121 Å². The molecule has 0 saturated carbocycles. The molecule has 21 heavy (non-hydrogen) atoms. The number of hydrogen-bond acceptors (Lipinski definition) is 4. The Morgan fingerprint density at radius 1 is 1.43 bits per heavy atom. The number of carbonyl (C=O) groups excluding carboxylic acids is 1. The number of fused-ring (bicyclic) bond motifs is 1. The topological polar surface area (TPSA) is 88.3 Å². The maximum absolute atomic E-state index is 12.5. The molecule has 3 rings (SSSR count). The smallest absolute Gasteiger partial charge is 0.326 e. The van der Waals surface area contributed by atoms with E-state index in [-0.39, 0.29) is 5.91 Å². The summed E-state index contributed by atoms with van der Waals surface area (Å²) < 4.78 is 1.75.